The highest BCUT2D eigenvalue weighted by Crippen LogP contribution is 2.28. The Morgan fingerprint density at radius 2 is 1.87 bits per heavy atom. The number of fused-ring (bicyclic) bond motifs is 1. The average molecular weight is 402 g/mol. The molecular weight excluding hydrogens is 380 g/mol. The van der Waals surface area contributed by atoms with Gasteiger partial charge in [-0.3, -0.25) is 10.00 Å². The summed E-state index contributed by atoms with van der Waals surface area (Å²) in [7, 11) is 0. The summed E-state index contributed by atoms with van der Waals surface area (Å²) in [6.45, 7) is 4.33. The number of nitrogens with one attached hydrogen (secondary N) is 2. The van der Waals surface area contributed by atoms with E-state index < -0.39 is 0 Å². The van der Waals surface area contributed by atoms with E-state index in [0.29, 0.717) is 11.5 Å². The molecular formula is C20H22N10. The highest BCUT2D eigenvalue weighted by atomic mass is 15.3. The molecule has 1 saturated heterocycles. The Kier molecular flexibility index (Phi) is 4.08. The zero-order valence-corrected chi connectivity index (χ0v) is 16.4. The van der Waals surface area contributed by atoms with E-state index >= 15 is 0 Å². The molecule has 1 saturated carbocycles. The maximum Gasteiger partial charge on any atom is 0.199 e. The van der Waals surface area contributed by atoms with Crippen LogP contribution in [0.1, 0.15) is 12.8 Å². The third-order valence-electron chi connectivity index (χ3n) is 5.81. The van der Waals surface area contributed by atoms with E-state index in [-0.39, 0.29) is 0 Å². The Morgan fingerprint density at radius 1 is 0.967 bits per heavy atom. The fraction of sp³-hybridized carbons (Fsp3) is 0.350. The third-order valence-corrected chi connectivity index (χ3v) is 5.81. The second-order valence-electron chi connectivity index (χ2n) is 7.76. The normalized spacial score (nSPS) is 17.5. The van der Waals surface area contributed by atoms with Gasteiger partial charge in [-0.2, -0.15) is 10.2 Å². The molecule has 0 unspecified atom stereocenters. The first-order valence-corrected chi connectivity index (χ1v) is 10.2. The van der Waals surface area contributed by atoms with Crippen molar-refractivity contribution in [3.8, 4) is 11.3 Å². The van der Waals surface area contributed by atoms with Crippen LogP contribution < -0.4 is 10.2 Å². The molecule has 10 heteroatoms. The lowest BCUT2D eigenvalue weighted by molar-refractivity contribution is 0.247. The van der Waals surface area contributed by atoms with E-state index in [9.17, 15) is 0 Å². The van der Waals surface area contributed by atoms with Crippen LogP contribution in [0.5, 0.6) is 0 Å². The van der Waals surface area contributed by atoms with Crippen molar-refractivity contribution in [3.05, 3.63) is 43.2 Å². The molecule has 1 aliphatic heterocycles. The van der Waals surface area contributed by atoms with Gasteiger partial charge in [0.25, 0.3) is 0 Å². The van der Waals surface area contributed by atoms with E-state index in [1.165, 1.54) is 19.2 Å². The van der Waals surface area contributed by atoms with E-state index in [2.05, 4.69) is 51.4 Å². The van der Waals surface area contributed by atoms with Crippen LogP contribution >= 0.6 is 0 Å². The van der Waals surface area contributed by atoms with Crippen LogP contribution in [0.15, 0.2) is 43.2 Å². The summed E-state index contributed by atoms with van der Waals surface area (Å²) in [4.78, 5) is 18.6. The molecule has 0 radical (unpaired) electrons. The maximum absolute atomic E-state index is 4.67. The van der Waals surface area contributed by atoms with Crippen LogP contribution in [0.3, 0.4) is 0 Å². The van der Waals surface area contributed by atoms with Gasteiger partial charge < -0.3 is 10.2 Å². The second kappa shape index (κ2) is 7.06. The van der Waals surface area contributed by atoms with E-state index in [4.69, 9.17) is 0 Å². The van der Waals surface area contributed by atoms with E-state index in [1.54, 1.807) is 23.1 Å². The number of hydrogen-bond acceptors (Lipinski definition) is 8. The van der Waals surface area contributed by atoms with Gasteiger partial charge >= 0.3 is 0 Å². The summed E-state index contributed by atoms with van der Waals surface area (Å²) in [5.41, 5.74) is 3.23. The average Bonchev–Trinajstić information content (AvgIpc) is 3.27. The molecule has 0 spiro atoms. The summed E-state index contributed by atoms with van der Waals surface area (Å²) < 4.78 is 1.75. The molecule has 4 aromatic rings. The van der Waals surface area contributed by atoms with Crippen LogP contribution in [0.4, 0.5) is 17.3 Å². The number of aromatic nitrogens is 7. The van der Waals surface area contributed by atoms with Crippen molar-refractivity contribution in [2.75, 3.05) is 36.4 Å². The second-order valence-corrected chi connectivity index (χ2v) is 7.76. The Morgan fingerprint density at radius 3 is 2.60 bits per heavy atom. The van der Waals surface area contributed by atoms with Crippen molar-refractivity contribution in [2.24, 2.45) is 0 Å². The minimum absolute atomic E-state index is 0.632. The van der Waals surface area contributed by atoms with Gasteiger partial charge in [-0.15, -0.1) is 0 Å². The summed E-state index contributed by atoms with van der Waals surface area (Å²) >= 11 is 0. The number of hydrogen-bond donors (Lipinski definition) is 2. The van der Waals surface area contributed by atoms with Crippen molar-refractivity contribution >= 4 is 23.0 Å². The van der Waals surface area contributed by atoms with Gasteiger partial charge in [-0.1, -0.05) is 0 Å². The number of nitrogens with zero attached hydrogens (tertiary/aromatic N) is 8. The predicted octanol–water partition coefficient (Wildman–Crippen LogP) is 1.94. The van der Waals surface area contributed by atoms with Crippen LogP contribution in [0, 0.1) is 0 Å². The van der Waals surface area contributed by atoms with Crippen molar-refractivity contribution in [3.63, 3.8) is 0 Å². The lowest BCUT2D eigenvalue weighted by Crippen LogP contribution is -2.47. The molecule has 1 aliphatic carbocycles. The van der Waals surface area contributed by atoms with Gasteiger partial charge in [-0.05, 0) is 25.0 Å². The number of pyridine rings is 1. The van der Waals surface area contributed by atoms with Crippen LogP contribution in [-0.2, 0) is 0 Å². The molecule has 6 rings (SSSR count). The Hall–Kier alpha value is -3.53. The molecule has 2 N–H and O–H groups in total. The Bertz CT molecular complexity index is 1140. The van der Waals surface area contributed by atoms with E-state index in [1.807, 2.05) is 12.3 Å². The number of piperazine rings is 1. The molecule has 0 atom stereocenters. The van der Waals surface area contributed by atoms with E-state index in [0.717, 1.165) is 55.0 Å². The summed E-state index contributed by atoms with van der Waals surface area (Å²) in [6, 6.07) is 4.94. The maximum atomic E-state index is 4.67. The third kappa shape index (κ3) is 3.14. The zero-order chi connectivity index (χ0) is 19.9. The molecule has 0 bridgehead atoms. The van der Waals surface area contributed by atoms with Crippen molar-refractivity contribution in [2.45, 2.75) is 18.9 Å². The molecule has 0 amide bonds. The van der Waals surface area contributed by atoms with Crippen molar-refractivity contribution in [1.29, 1.82) is 0 Å². The molecule has 2 aliphatic rings. The molecule has 5 heterocycles. The predicted molar refractivity (Wildman–Crippen MR) is 113 cm³/mol. The van der Waals surface area contributed by atoms with Crippen molar-refractivity contribution < 1.29 is 0 Å². The SMILES string of the molecule is c1nc2c(Nc3ccc(N4CCN(C5CC5)CC4)nc3)ncc(-c3cn[nH]c3)n2n1. The first-order chi connectivity index (χ1) is 14.8. The highest BCUT2D eigenvalue weighted by molar-refractivity contribution is 5.73. The largest absolute Gasteiger partial charge is 0.354 e. The van der Waals surface area contributed by atoms with Gasteiger partial charge in [0.1, 0.15) is 12.1 Å². The Balaban J connectivity index is 1.19. The van der Waals surface area contributed by atoms with Gasteiger partial charge in [0, 0.05) is 44.0 Å². The minimum atomic E-state index is 0.632. The van der Waals surface area contributed by atoms with Gasteiger partial charge in [0.15, 0.2) is 11.5 Å². The number of anilines is 3. The van der Waals surface area contributed by atoms with Crippen LogP contribution in [-0.4, -0.2) is 71.9 Å². The number of aromatic amines is 1. The standard InChI is InChI=1S/C20H22N10/c1-4-18(29-7-5-28(6-8-29)16-2-3-16)21-11-15(1)27-19-20-23-13-26-30(20)17(12-22-19)14-9-24-25-10-14/h1,4,9-13,16H,2-3,5-8H2,(H,22,27)(H,24,25). The fourth-order valence-corrected chi connectivity index (χ4v) is 4.03. The Labute approximate surface area is 173 Å². The smallest absolute Gasteiger partial charge is 0.199 e. The lowest BCUT2D eigenvalue weighted by atomic mass is 10.2. The monoisotopic (exact) mass is 402 g/mol. The number of rotatable bonds is 5. The fourth-order valence-electron chi connectivity index (χ4n) is 4.03. The molecule has 0 aromatic carbocycles. The number of H-pyrrole nitrogens is 1. The molecule has 10 nitrogen and oxygen atoms in total. The highest BCUT2D eigenvalue weighted by Gasteiger charge is 2.31. The summed E-state index contributed by atoms with van der Waals surface area (Å²) in [5, 5.41) is 14.5. The quantitative estimate of drug-likeness (QED) is 0.522. The van der Waals surface area contributed by atoms with Crippen LogP contribution in [0.2, 0.25) is 0 Å². The molecule has 4 aromatic heterocycles. The van der Waals surface area contributed by atoms with Gasteiger partial charge in [-0.25, -0.2) is 19.5 Å². The van der Waals surface area contributed by atoms with Crippen molar-refractivity contribution in [1.82, 2.24) is 39.7 Å². The molecule has 30 heavy (non-hydrogen) atoms. The summed E-state index contributed by atoms with van der Waals surface area (Å²) in [6.07, 6.45) is 11.4. The van der Waals surface area contributed by atoms with Crippen LogP contribution in [0.25, 0.3) is 16.9 Å². The summed E-state index contributed by atoms with van der Waals surface area (Å²) in [5.74, 6) is 1.65. The van der Waals surface area contributed by atoms with Gasteiger partial charge in [0.05, 0.1) is 30.0 Å². The van der Waals surface area contributed by atoms with Gasteiger partial charge in [0.2, 0.25) is 0 Å². The first kappa shape index (κ1) is 17.3. The lowest BCUT2D eigenvalue weighted by Gasteiger charge is -2.35. The topological polar surface area (TPSA) is 103 Å². The zero-order valence-electron chi connectivity index (χ0n) is 16.4. The molecule has 2 fully saturated rings. The first-order valence-electron chi connectivity index (χ1n) is 10.2. The minimum Gasteiger partial charge on any atom is -0.354 e. The molecule has 152 valence electrons.